The van der Waals surface area contributed by atoms with Crippen molar-refractivity contribution in [1.82, 2.24) is 10.9 Å². The third-order valence-corrected chi connectivity index (χ3v) is 1.85. The SMILES string of the molecule is CCCCCCCCNNC(=O)O. The fourth-order valence-electron chi connectivity index (χ4n) is 1.13. The van der Waals surface area contributed by atoms with Gasteiger partial charge in [0.15, 0.2) is 0 Å². The number of carbonyl (C=O) groups is 1. The maximum atomic E-state index is 10.00. The molecule has 0 spiro atoms. The highest BCUT2D eigenvalue weighted by molar-refractivity contribution is 5.63. The van der Waals surface area contributed by atoms with E-state index in [-0.39, 0.29) is 0 Å². The Morgan fingerprint density at radius 2 is 1.77 bits per heavy atom. The van der Waals surface area contributed by atoms with Gasteiger partial charge in [-0.2, -0.15) is 0 Å². The Bertz CT molecular complexity index is 129. The van der Waals surface area contributed by atoms with Gasteiger partial charge in [-0.25, -0.2) is 10.2 Å². The number of carboxylic acid groups (broad SMARTS) is 1. The molecule has 0 aromatic heterocycles. The summed E-state index contributed by atoms with van der Waals surface area (Å²) in [5.41, 5.74) is 4.74. The average molecular weight is 188 g/mol. The fourth-order valence-corrected chi connectivity index (χ4v) is 1.13. The maximum absolute atomic E-state index is 10.00. The molecule has 0 atom stereocenters. The van der Waals surface area contributed by atoms with Crippen LogP contribution in [0.5, 0.6) is 0 Å². The van der Waals surface area contributed by atoms with E-state index >= 15 is 0 Å². The predicted octanol–water partition coefficient (Wildman–Crippen LogP) is 2.12. The van der Waals surface area contributed by atoms with Crippen molar-refractivity contribution in [1.29, 1.82) is 0 Å². The van der Waals surface area contributed by atoms with Gasteiger partial charge in [-0.05, 0) is 6.42 Å². The van der Waals surface area contributed by atoms with Crippen molar-refractivity contribution in [2.24, 2.45) is 0 Å². The topological polar surface area (TPSA) is 61.4 Å². The second-order valence-corrected chi connectivity index (χ2v) is 3.12. The van der Waals surface area contributed by atoms with Gasteiger partial charge in [0.1, 0.15) is 0 Å². The number of hydrazine groups is 1. The van der Waals surface area contributed by atoms with Crippen LogP contribution in [0.15, 0.2) is 0 Å². The smallest absolute Gasteiger partial charge is 0.419 e. The molecule has 4 nitrogen and oxygen atoms in total. The Morgan fingerprint density at radius 1 is 1.15 bits per heavy atom. The van der Waals surface area contributed by atoms with Gasteiger partial charge < -0.3 is 5.11 Å². The van der Waals surface area contributed by atoms with Gasteiger partial charge in [0.25, 0.3) is 0 Å². The fraction of sp³-hybridized carbons (Fsp3) is 0.889. The second kappa shape index (κ2) is 9.32. The summed E-state index contributed by atoms with van der Waals surface area (Å²) in [4.78, 5) is 10.00. The maximum Gasteiger partial charge on any atom is 0.419 e. The molecule has 0 aliphatic carbocycles. The molecule has 3 N–H and O–H groups in total. The van der Waals surface area contributed by atoms with Crippen LogP contribution >= 0.6 is 0 Å². The molecule has 0 saturated carbocycles. The molecule has 0 aliphatic rings. The molecular weight excluding hydrogens is 168 g/mol. The van der Waals surface area contributed by atoms with Crippen molar-refractivity contribution in [2.45, 2.75) is 45.4 Å². The zero-order valence-corrected chi connectivity index (χ0v) is 8.31. The van der Waals surface area contributed by atoms with E-state index in [1.807, 2.05) is 0 Å². The second-order valence-electron chi connectivity index (χ2n) is 3.12. The van der Waals surface area contributed by atoms with Gasteiger partial charge >= 0.3 is 6.09 Å². The van der Waals surface area contributed by atoms with E-state index in [2.05, 4.69) is 17.8 Å². The first-order valence-corrected chi connectivity index (χ1v) is 4.99. The molecule has 0 saturated heterocycles. The van der Waals surface area contributed by atoms with Crippen LogP contribution in [0.2, 0.25) is 0 Å². The minimum absolute atomic E-state index is 0.721. The van der Waals surface area contributed by atoms with Crippen molar-refractivity contribution < 1.29 is 9.90 Å². The van der Waals surface area contributed by atoms with Crippen molar-refractivity contribution >= 4 is 6.09 Å². The molecule has 78 valence electrons. The molecule has 0 aromatic carbocycles. The summed E-state index contributed by atoms with van der Waals surface area (Å²) in [7, 11) is 0. The highest BCUT2D eigenvalue weighted by Gasteiger charge is 1.92. The van der Waals surface area contributed by atoms with Crippen molar-refractivity contribution in [3.63, 3.8) is 0 Å². The van der Waals surface area contributed by atoms with Crippen LogP contribution < -0.4 is 10.9 Å². The van der Waals surface area contributed by atoms with Crippen molar-refractivity contribution in [2.75, 3.05) is 6.54 Å². The summed E-state index contributed by atoms with van der Waals surface area (Å²) in [6.07, 6.45) is 6.30. The Hall–Kier alpha value is -0.770. The van der Waals surface area contributed by atoms with E-state index in [0.717, 1.165) is 13.0 Å². The molecule has 1 amide bonds. The predicted molar refractivity (Wildman–Crippen MR) is 52.5 cm³/mol. The zero-order chi connectivity index (χ0) is 9.94. The molecule has 0 fully saturated rings. The first kappa shape index (κ1) is 12.2. The van der Waals surface area contributed by atoms with E-state index in [0.29, 0.717) is 0 Å². The Balaban J connectivity index is 2.87. The monoisotopic (exact) mass is 188 g/mol. The molecule has 0 bridgehead atoms. The lowest BCUT2D eigenvalue weighted by Crippen LogP contribution is -2.36. The Labute approximate surface area is 79.7 Å². The van der Waals surface area contributed by atoms with Crippen LogP contribution in [0.25, 0.3) is 0 Å². The molecule has 13 heavy (non-hydrogen) atoms. The van der Waals surface area contributed by atoms with Crippen LogP contribution in [-0.2, 0) is 0 Å². The molecule has 0 heterocycles. The van der Waals surface area contributed by atoms with Crippen LogP contribution in [-0.4, -0.2) is 17.7 Å². The number of rotatable bonds is 8. The molecular formula is C9H20N2O2. The highest BCUT2D eigenvalue weighted by atomic mass is 16.4. The van der Waals surface area contributed by atoms with Gasteiger partial charge in [0.2, 0.25) is 0 Å². The van der Waals surface area contributed by atoms with E-state index in [9.17, 15) is 4.79 Å². The third kappa shape index (κ3) is 11.2. The lowest BCUT2D eigenvalue weighted by molar-refractivity contribution is 0.189. The number of nitrogens with one attached hydrogen (secondary N) is 2. The lowest BCUT2D eigenvalue weighted by atomic mass is 10.1. The standard InChI is InChI=1S/C9H20N2O2/c1-2-3-4-5-6-7-8-10-11-9(12)13/h10-11H,2-8H2,1H3,(H,12,13). The number of amides is 1. The van der Waals surface area contributed by atoms with Gasteiger partial charge in [-0.3, -0.25) is 5.43 Å². The minimum atomic E-state index is -1.02. The van der Waals surface area contributed by atoms with E-state index < -0.39 is 6.09 Å². The van der Waals surface area contributed by atoms with Crippen LogP contribution in [0, 0.1) is 0 Å². The number of unbranched alkanes of at least 4 members (excludes halogenated alkanes) is 5. The van der Waals surface area contributed by atoms with E-state index in [4.69, 9.17) is 5.11 Å². The number of hydrogen-bond donors (Lipinski definition) is 3. The summed E-state index contributed by atoms with van der Waals surface area (Å²) in [6, 6.07) is 0. The summed E-state index contributed by atoms with van der Waals surface area (Å²) in [5.74, 6) is 0. The highest BCUT2D eigenvalue weighted by Crippen LogP contribution is 2.03. The Morgan fingerprint density at radius 3 is 2.38 bits per heavy atom. The molecule has 0 aromatic rings. The third-order valence-electron chi connectivity index (χ3n) is 1.85. The first-order chi connectivity index (χ1) is 6.27. The molecule has 0 radical (unpaired) electrons. The van der Waals surface area contributed by atoms with Crippen molar-refractivity contribution in [3.05, 3.63) is 0 Å². The Kier molecular flexibility index (Phi) is 8.77. The lowest BCUT2D eigenvalue weighted by Gasteiger charge is -2.03. The van der Waals surface area contributed by atoms with Crippen LogP contribution in [0.3, 0.4) is 0 Å². The van der Waals surface area contributed by atoms with Gasteiger partial charge in [-0.15, -0.1) is 0 Å². The normalized spacial score (nSPS) is 9.92. The molecule has 0 unspecified atom stereocenters. The molecule has 4 heteroatoms. The first-order valence-electron chi connectivity index (χ1n) is 4.99. The summed E-state index contributed by atoms with van der Waals surface area (Å²) < 4.78 is 0. The molecule has 0 rings (SSSR count). The van der Waals surface area contributed by atoms with Gasteiger partial charge in [-0.1, -0.05) is 39.0 Å². The molecule has 0 aliphatic heterocycles. The van der Waals surface area contributed by atoms with Crippen molar-refractivity contribution in [3.8, 4) is 0 Å². The summed E-state index contributed by atoms with van der Waals surface area (Å²) in [6.45, 7) is 2.91. The zero-order valence-electron chi connectivity index (χ0n) is 8.31. The quantitative estimate of drug-likeness (QED) is 0.404. The van der Waals surface area contributed by atoms with Gasteiger partial charge in [0, 0.05) is 6.54 Å². The van der Waals surface area contributed by atoms with E-state index in [1.165, 1.54) is 32.1 Å². The summed E-state index contributed by atoms with van der Waals surface area (Å²) >= 11 is 0. The minimum Gasteiger partial charge on any atom is -0.464 e. The van der Waals surface area contributed by atoms with Crippen LogP contribution in [0.4, 0.5) is 4.79 Å². The van der Waals surface area contributed by atoms with Crippen LogP contribution in [0.1, 0.15) is 45.4 Å². The van der Waals surface area contributed by atoms with E-state index in [1.54, 1.807) is 0 Å². The number of hydrogen-bond acceptors (Lipinski definition) is 2. The largest absolute Gasteiger partial charge is 0.464 e. The average Bonchev–Trinajstić information content (AvgIpc) is 2.09. The van der Waals surface area contributed by atoms with Gasteiger partial charge in [0.05, 0.1) is 0 Å². The summed E-state index contributed by atoms with van der Waals surface area (Å²) in [5, 5.41) is 8.21.